The number of hydrogen-bond acceptors (Lipinski definition) is 12. The highest BCUT2D eigenvalue weighted by Crippen LogP contribution is 2.45. The van der Waals surface area contributed by atoms with E-state index in [1.165, 1.54) is 40.1 Å². The van der Waals surface area contributed by atoms with E-state index in [0.717, 1.165) is 44.5 Å². The van der Waals surface area contributed by atoms with Crippen molar-refractivity contribution in [3.8, 4) is 16.9 Å². The number of thioether (sulfide) groups is 1. The van der Waals surface area contributed by atoms with Gasteiger partial charge in [0.1, 0.15) is 28.3 Å². The van der Waals surface area contributed by atoms with Crippen LogP contribution in [0, 0.1) is 0 Å². The van der Waals surface area contributed by atoms with E-state index in [9.17, 15) is 9.90 Å². The maximum Gasteiger partial charge on any atom is 0.356 e. The van der Waals surface area contributed by atoms with Crippen molar-refractivity contribution in [3.63, 3.8) is 0 Å². The zero-order valence-electron chi connectivity index (χ0n) is 48.4. The van der Waals surface area contributed by atoms with E-state index >= 15 is 14.4 Å². The van der Waals surface area contributed by atoms with Gasteiger partial charge in [-0.2, -0.15) is 0 Å². The number of amides is 2. The van der Waals surface area contributed by atoms with Crippen molar-refractivity contribution in [3.05, 3.63) is 362 Å². The van der Waals surface area contributed by atoms with E-state index in [0.29, 0.717) is 28.4 Å². The number of ether oxygens (including phenoxy) is 1. The summed E-state index contributed by atoms with van der Waals surface area (Å²) in [5, 5.41) is 23.5. The van der Waals surface area contributed by atoms with Gasteiger partial charge in [0.05, 0.1) is 0 Å². The van der Waals surface area contributed by atoms with Crippen molar-refractivity contribution in [1.29, 1.82) is 0 Å². The number of esters is 1. The van der Waals surface area contributed by atoms with E-state index in [1.807, 2.05) is 235 Å². The summed E-state index contributed by atoms with van der Waals surface area (Å²) in [6, 6.07) is 81.8. The number of anilines is 1. The number of carbonyl (C=O) groups is 3. The van der Waals surface area contributed by atoms with Gasteiger partial charge in [-0.3, -0.25) is 19.3 Å². The highest BCUT2D eigenvalue weighted by Gasteiger charge is 2.55. The Labute approximate surface area is 528 Å². The summed E-state index contributed by atoms with van der Waals surface area (Å²) >= 11 is 2.69. The van der Waals surface area contributed by atoms with Crippen LogP contribution in [0.25, 0.3) is 11.1 Å². The molecule has 8 aromatic carbocycles. The molecule has 4 aliphatic rings. The van der Waals surface area contributed by atoms with Crippen LogP contribution in [0.15, 0.2) is 312 Å². The summed E-state index contributed by atoms with van der Waals surface area (Å²) in [4.78, 5) is 71.9. The number of β-lactam (4-membered cyclic amide) rings is 1. The number of phenols is 1. The summed E-state index contributed by atoms with van der Waals surface area (Å²) in [6.45, 7) is 0.336. The molecule has 2 atom stereocenters. The molecule has 9 aromatic rings. The van der Waals surface area contributed by atoms with Gasteiger partial charge < -0.3 is 29.9 Å². The Morgan fingerprint density at radius 1 is 0.644 bits per heavy atom. The Morgan fingerprint density at radius 2 is 1.13 bits per heavy atom. The SMILES string of the molecule is O=C(NC1C(=O)N2C(C(=O)OC(c3ccccc3)c3ccccc3)=C(C=CCn3ccc4cc(=O)c(O)cc-4c3)CS[C@@H]12)C(=NOC(c1ccccc1)(c1ccccc1)c1ccccc1)c1csc(NC(c2ccccc2)(c2ccccc2)c2ccccc2)n1. The summed E-state index contributed by atoms with van der Waals surface area (Å²) in [7, 11) is 0. The Kier molecular flexibility index (Phi) is 16.7. The highest BCUT2D eigenvalue weighted by atomic mass is 32.2. The molecule has 13 rings (SSSR count). The first-order valence-electron chi connectivity index (χ1n) is 29.3. The monoisotopic (exact) mass is 1220 g/mol. The molecule has 3 N–H and O–H groups in total. The molecule has 4 heterocycles. The van der Waals surface area contributed by atoms with Gasteiger partial charge in [0, 0.05) is 52.3 Å². The smallest absolute Gasteiger partial charge is 0.356 e. The normalized spacial score (nSPS) is 15.1. The minimum Gasteiger partial charge on any atom is -0.504 e. The average molecular weight is 1220 g/mol. The molecule has 15 heteroatoms. The molecule has 0 radical (unpaired) electrons. The fourth-order valence-corrected chi connectivity index (χ4v) is 13.8. The highest BCUT2D eigenvalue weighted by molar-refractivity contribution is 8.00. The number of aromatic hydroxyl groups is 1. The third-order valence-corrected chi connectivity index (χ3v) is 18.2. The Hall–Kier alpha value is -10.9. The zero-order valence-corrected chi connectivity index (χ0v) is 50.0. The molecule has 442 valence electrons. The minimum absolute atomic E-state index is 0.0447. The Bertz CT molecular complexity index is 4230. The molecule has 2 amide bonds. The fraction of sp³-hybridized carbons (Fsp3) is 0.0933. The van der Waals surface area contributed by atoms with Gasteiger partial charge in [-0.1, -0.05) is 260 Å². The lowest BCUT2D eigenvalue weighted by Gasteiger charge is -2.49. The second kappa shape index (κ2) is 25.8. The van der Waals surface area contributed by atoms with Crippen LogP contribution in [0.5, 0.6) is 5.75 Å². The van der Waals surface area contributed by atoms with Crippen LogP contribution >= 0.6 is 23.1 Å². The number of oxime groups is 1. The number of rotatable bonds is 20. The number of hydrogen-bond donors (Lipinski definition) is 3. The second-order valence-electron chi connectivity index (χ2n) is 21.7. The van der Waals surface area contributed by atoms with E-state index in [2.05, 4.69) is 47.0 Å². The molecule has 13 nitrogen and oxygen atoms in total. The van der Waals surface area contributed by atoms with Crippen LogP contribution in [-0.2, 0) is 41.6 Å². The number of benzene rings is 9. The van der Waals surface area contributed by atoms with Gasteiger partial charge in [0.15, 0.2) is 22.7 Å². The molecule has 0 bridgehead atoms. The van der Waals surface area contributed by atoms with E-state index < -0.39 is 51.9 Å². The lowest BCUT2D eigenvalue weighted by atomic mass is 9.77. The number of aromatic nitrogens is 2. The van der Waals surface area contributed by atoms with E-state index in [-0.39, 0.29) is 28.6 Å². The van der Waals surface area contributed by atoms with E-state index in [1.54, 1.807) is 11.4 Å². The van der Waals surface area contributed by atoms with Crippen LogP contribution in [0.2, 0.25) is 0 Å². The lowest BCUT2D eigenvalue weighted by Crippen LogP contribution is -2.71. The average Bonchev–Trinajstić information content (AvgIpc) is 0.758. The molecule has 0 spiro atoms. The molecule has 1 aromatic heterocycles. The van der Waals surface area contributed by atoms with Crippen LogP contribution in [0.4, 0.5) is 5.13 Å². The van der Waals surface area contributed by atoms with Crippen molar-refractivity contribution < 1.29 is 29.1 Å². The molecule has 1 fully saturated rings. The topological polar surface area (TPSA) is 164 Å². The minimum atomic E-state index is -1.41. The number of nitrogens with zero attached hydrogens (tertiary/aromatic N) is 4. The van der Waals surface area contributed by atoms with Gasteiger partial charge in [-0.05, 0) is 57.2 Å². The first-order chi connectivity index (χ1) is 44.2. The van der Waals surface area contributed by atoms with Crippen LogP contribution in [0.3, 0.4) is 0 Å². The van der Waals surface area contributed by atoms with Crippen LogP contribution in [0.1, 0.15) is 56.3 Å². The van der Waals surface area contributed by atoms with Gasteiger partial charge in [-0.15, -0.1) is 23.1 Å². The van der Waals surface area contributed by atoms with E-state index in [4.69, 9.17) is 19.7 Å². The summed E-state index contributed by atoms with van der Waals surface area (Å²) in [6.07, 6.45) is 6.48. The standard InChI is InChI=1S/C75H58N6O7S2/c82-63-46-53-43-45-80(48-55(53)47-64(63)83)44-25-30-54-49-89-71-66(70(85)81(71)67(54)72(86)87-68(51-26-9-1-10-27-51)52-28-11-2-12-29-52)77-69(84)65(79-88-75(59-37-19-6-20-38-59,60-39-21-7-22-40-60)61-41-23-8-24-42-61)62-50-90-73(76-62)78-74(56-31-13-3-14-32-56,57-33-15-4-16-34-57)58-35-17-5-18-36-58/h1-43,45-48,50,66,68,71,83H,44,49H2,(H,76,78)(H,77,84)/t66?,71-/m0/s1. The molecule has 0 saturated carbocycles. The van der Waals surface area contributed by atoms with Gasteiger partial charge in [0.25, 0.3) is 11.8 Å². The van der Waals surface area contributed by atoms with Crippen molar-refractivity contribution in [2.45, 2.75) is 35.2 Å². The number of pyridine rings is 1. The third-order valence-electron chi connectivity index (χ3n) is 16.1. The van der Waals surface area contributed by atoms with Gasteiger partial charge in [0.2, 0.25) is 11.0 Å². The van der Waals surface area contributed by atoms with Crippen molar-refractivity contribution >= 4 is 51.7 Å². The second-order valence-corrected chi connectivity index (χ2v) is 23.6. The predicted octanol–water partition coefficient (Wildman–Crippen LogP) is 13.5. The zero-order chi connectivity index (χ0) is 61.4. The number of nitrogens with one attached hydrogen (secondary N) is 2. The number of thiazole rings is 1. The lowest BCUT2D eigenvalue weighted by molar-refractivity contribution is -0.154. The predicted molar refractivity (Wildman–Crippen MR) is 353 cm³/mol. The first-order valence-corrected chi connectivity index (χ1v) is 31.2. The summed E-state index contributed by atoms with van der Waals surface area (Å²) in [5.74, 6) is -2.10. The van der Waals surface area contributed by atoms with Gasteiger partial charge >= 0.3 is 5.97 Å². The summed E-state index contributed by atoms with van der Waals surface area (Å²) in [5.41, 5.74) is 5.57. The molecule has 90 heavy (non-hydrogen) atoms. The largest absolute Gasteiger partial charge is 0.504 e. The fourth-order valence-electron chi connectivity index (χ4n) is 11.8. The third kappa shape index (κ3) is 11.5. The van der Waals surface area contributed by atoms with Gasteiger partial charge in [-0.25, -0.2) is 9.78 Å². The van der Waals surface area contributed by atoms with Crippen LogP contribution in [-0.4, -0.2) is 60.2 Å². The summed E-state index contributed by atoms with van der Waals surface area (Å²) < 4.78 is 8.39. The molecule has 3 aliphatic heterocycles. The molecule has 1 aliphatic carbocycles. The van der Waals surface area contributed by atoms with Crippen molar-refractivity contribution in [1.82, 2.24) is 19.8 Å². The quantitative estimate of drug-likeness (QED) is 0.0220. The molecule has 1 unspecified atom stereocenters. The Morgan fingerprint density at radius 3 is 1.64 bits per heavy atom. The Balaban J connectivity index is 0.884. The number of allylic oxidation sites excluding steroid dienone is 2. The van der Waals surface area contributed by atoms with Crippen molar-refractivity contribution in [2.24, 2.45) is 5.16 Å². The number of phenolic OH excluding ortho intramolecular Hbond substituents is 1. The first kappa shape index (κ1) is 58.2. The molecular formula is C75H58N6O7S2. The van der Waals surface area contributed by atoms with Crippen molar-refractivity contribution in [2.75, 3.05) is 11.1 Å². The number of carbonyl (C=O) groups excluding carboxylic acids is 3. The number of fused-ring (bicyclic) bond motifs is 2. The van der Waals surface area contributed by atoms with Crippen LogP contribution < -0.4 is 16.1 Å². The maximum absolute atomic E-state index is 15.7. The molecule has 1 saturated heterocycles. The molecular weight excluding hydrogens is 1160 g/mol. The maximum atomic E-state index is 15.7.